The van der Waals surface area contributed by atoms with Gasteiger partial charge in [-0.3, -0.25) is 33.6 Å². The zero-order valence-electron chi connectivity index (χ0n) is 33.8. The van der Waals surface area contributed by atoms with Crippen LogP contribution in [-0.4, -0.2) is 120 Å². The van der Waals surface area contributed by atoms with Crippen LogP contribution in [0.3, 0.4) is 0 Å². The number of thioether (sulfide) groups is 4. The number of ketones is 5. The molecule has 2 rings (SSSR count). The molecule has 58 heavy (non-hydrogen) atoms. The zero-order chi connectivity index (χ0) is 42.5. The fourth-order valence-electron chi connectivity index (χ4n) is 5.41. The minimum Gasteiger partial charge on any atom is -0.481 e. The average Bonchev–Trinajstić information content (AvgIpc) is 3.10. The third-order valence-corrected chi connectivity index (χ3v) is 15.3. The number of nitrogens with two attached hydrogens (primary N) is 2. The zero-order valence-corrected chi connectivity index (χ0v) is 37.0. The van der Waals surface area contributed by atoms with Gasteiger partial charge < -0.3 is 31.8 Å². The van der Waals surface area contributed by atoms with E-state index < -0.39 is 18.0 Å². The first-order valence-corrected chi connectivity index (χ1v) is 23.9. The number of carboxylic acid groups (broad SMARTS) is 2. The van der Waals surface area contributed by atoms with Crippen molar-refractivity contribution in [2.45, 2.75) is 166 Å². The number of amides is 1. The van der Waals surface area contributed by atoms with Crippen LogP contribution in [0.5, 0.6) is 0 Å². The first-order chi connectivity index (χ1) is 26.5. The molecule has 2 aliphatic rings. The standard InChI is InChI=1S/C21H35NO4S2.C10H20N2O2.C8H12O4S2.2CH4/c1-4-17(21(26)22-12-15(2)23)8-6-5-7-9-18(25)14-28-20-11-10-19(20)27-13-16(3)24;1-8(13)5-6-10(14)9(12)4-2-3-7-11;9-7(10)3-13-5-1-2-6(5)14-4-8(11)12;;/h17,19-20H,4-14H2,1-3H3,(H,22,26);9H,2-7,11-12H2,1H3;5-6H,1-4H2,(H,9,10)(H,11,12);2*1H4/t17-,19?,20?;9-;;;/m00.../s1. The summed E-state index contributed by atoms with van der Waals surface area (Å²) in [6.07, 6.45) is 12.3. The van der Waals surface area contributed by atoms with Crippen LogP contribution in [0.2, 0.25) is 0 Å². The SMILES string of the molecule is C.C.CC(=O)CCC(=O)[C@@H](N)CCCCN.CC[C@@H](CCCCCC(=O)CSC1CCC1SCC(C)=O)C(=O)NCC(C)=O.O=C(O)CSC1CCC1SCC(=O)O. The van der Waals surface area contributed by atoms with Gasteiger partial charge in [0.1, 0.15) is 28.9 Å². The van der Waals surface area contributed by atoms with Gasteiger partial charge in [-0.25, -0.2) is 0 Å². The van der Waals surface area contributed by atoms with E-state index in [1.807, 2.05) is 6.92 Å². The van der Waals surface area contributed by atoms with E-state index in [1.54, 1.807) is 30.4 Å². The highest BCUT2D eigenvalue weighted by atomic mass is 32.2. The van der Waals surface area contributed by atoms with Crippen molar-refractivity contribution < 1.29 is 48.6 Å². The molecule has 0 radical (unpaired) electrons. The lowest BCUT2D eigenvalue weighted by Gasteiger charge is -2.35. The predicted octanol–water partition coefficient (Wildman–Crippen LogP) is 6.63. The Kier molecular flexibility index (Phi) is 38.4. The molecule has 0 bridgehead atoms. The Morgan fingerprint density at radius 1 is 0.621 bits per heavy atom. The fourth-order valence-corrected chi connectivity index (χ4v) is 10.7. The Labute approximate surface area is 365 Å². The number of hydrogen-bond donors (Lipinski definition) is 5. The monoisotopic (exact) mass is 897 g/mol. The number of aliphatic carboxylic acids is 2. The largest absolute Gasteiger partial charge is 0.481 e. The Morgan fingerprint density at radius 3 is 1.52 bits per heavy atom. The van der Waals surface area contributed by atoms with Gasteiger partial charge in [-0.1, -0.05) is 41.0 Å². The summed E-state index contributed by atoms with van der Waals surface area (Å²) in [4.78, 5) is 88.7. The number of unbranched alkanes of at least 4 members (excludes halogenated alkanes) is 3. The number of hydrogen-bond acceptors (Lipinski definition) is 14. The second-order valence-electron chi connectivity index (χ2n) is 14.3. The molecule has 0 saturated heterocycles. The van der Waals surface area contributed by atoms with Gasteiger partial charge in [0.05, 0.1) is 35.6 Å². The third-order valence-electron chi connectivity index (χ3n) is 9.09. The summed E-state index contributed by atoms with van der Waals surface area (Å²) in [5.74, 6) is 0.216. The molecule has 7 N–H and O–H groups in total. The van der Waals surface area contributed by atoms with Crippen molar-refractivity contribution >= 4 is 93.8 Å². The first kappa shape index (κ1) is 60.4. The maximum atomic E-state index is 12.1. The molecule has 0 aliphatic heterocycles. The quantitative estimate of drug-likeness (QED) is 0.0475. The molecule has 6 atom stereocenters. The Morgan fingerprint density at radius 2 is 1.10 bits per heavy atom. The second kappa shape index (κ2) is 36.9. The van der Waals surface area contributed by atoms with Gasteiger partial charge in [0.2, 0.25) is 5.91 Å². The van der Waals surface area contributed by atoms with E-state index in [1.165, 1.54) is 37.4 Å². The highest BCUT2D eigenvalue weighted by Gasteiger charge is 2.33. The van der Waals surface area contributed by atoms with Crippen LogP contribution in [-0.2, 0) is 38.4 Å². The minimum atomic E-state index is -0.802. The molecule has 338 valence electrons. The van der Waals surface area contributed by atoms with E-state index in [-0.39, 0.29) is 74.3 Å². The fraction of sp³-hybridized carbons (Fsp3) is 0.805. The highest BCUT2D eigenvalue weighted by molar-refractivity contribution is 8.05. The van der Waals surface area contributed by atoms with Gasteiger partial charge in [0.15, 0.2) is 0 Å². The Bertz CT molecular complexity index is 1220. The van der Waals surface area contributed by atoms with Crippen LogP contribution in [0, 0.1) is 5.92 Å². The third kappa shape index (κ3) is 31.9. The topological polar surface area (TPSA) is 241 Å². The lowest BCUT2D eigenvalue weighted by atomic mass is 9.97. The van der Waals surface area contributed by atoms with Crippen LogP contribution < -0.4 is 16.8 Å². The highest BCUT2D eigenvalue weighted by Crippen LogP contribution is 2.41. The molecule has 0 spiro atoms. The summed E-state index contributed by atoms with van der Waals surface area (Å²) in [6.45, 7) is 7.30. The molecule has 2 saturated carbocycles. The summed E-state index contributed by atoms with van der Waals surface area (Å²) in [5.41, 5.74) is 11.0. The average molecular weight is 898 g/mol. The Balaban J connectivity index is -0.000000851. The van der Waals surface area contributed by atoms with Crippen molar-refractivity contribution in [3.05, 3.63) is 0 Å². The van der Waals surface area contributed by atoms with Crippen LogP contribution in [0.1, 0.15) is 139 Å². The summed E-state index contributed by atoms with van der Waals surface area (Å²) < 4.78 is 0. The number of rotatable bonds is 30. The normalized spacial score (nSPS) is 18.6. The molecule has 0 heterocycles. The number of carbonyl (C=O) groups is 8. The van der Waals surface area contributed by atoms with Gasteiger partial charge in [-0.15, -0.1) is 47.0 Å². The maximum absolute atomic E-state index is 12.1. The van der Waals surface area contributed by atoms with Gasteiger partial charge >= 0.3 is 11.9 Å². The molecule has 2 aliphatic carbocycles. The molecule has 2 fully saturated rings. The van der Waals surface area contributed by atoms with Crippen molar-refractivity contribution in [1.82, 2.24) is 5.32 Å². The van der Waals surface area contributed by atoms with Crippen molar-refractivity contribution in [2.24, 2.45) is 17.4 Å². The van der Waals surface area contributed by atoms with Crippen LogP contribution in [0.4, 0.5) is 0 Å². The van der Waals surface area contributed by atoms with E-state index >= 15 is 0 Å². The number of carboxylic acids is 2. The van der Waals surface area contributed by atoms with Crippen molar-refractivity contribution in [3.8, 4) is 0 Å². The molecule has 0 aromatic rings. The van der Waals surface area contributed by atoms with Crippen molar-refractivity contribution in [3.63, 3.8) is 0 Å². The van der Waals surface area contributed by atoms with Crippen LogP contribution in [0.15, 0.2) is 0 Å². The summed E-state index contributed by atoms with van der Waals surface area (Å²) in [7, 11) is 0. The number of Topliss-reactive ketones (excluding diaryl/α,β-unsaturated/α-hetero) is 5. The lowest BCUT2D eigenvalue weighted by molar-refractivity contribution is -0.135. The second-order valence-corrected chi connectivity index (χ2v) is 19.2. The van der Waals surface area contributed by atoms with E-state index in [4.69, 9.17) is 21.7 Å². The van der Waals surface area contributed by atoms with Crippen LogP contribution in [0.25, 0.3) is 0 Å². The molecule has 4 unspecified atom stereocenters. The molecule has 1 amide bonds. The van der Waals surface area contributed by atoms with E-state index in [2.05, 4.69) is 5.32 Å². The predicted molar refractivity (Wildman–Crippen MR) is 244 cm³/mol. The molecule has 0 aromatic carbocycles. The molecule has 13 nitrogen and oxygen atoms in total. The van der Waals surface area contributed by atoms with Gasteiger partial charge in [0.25, 0.3) is 0 Å². The van der Waals surface area contributed by atoms with Crippen molar-refractivity contribution in [1.29, 1.82) is 0 Å². The molecule has 0 aromatic heterocycles. The van der Waals surface area contributed by atoms with E-state index in [0.29, 0.717) is 64.1 Å². The summed E-state index contributed by atoms with van der Waals surface area (Å²) in [5, 5.41) is 21.3. The number of nitrogens with one attached hydrogen (secondary N) is 1. The lowest BCUT2D eigenvalue weighted by Crippen LogP contribution is -2.33. The number of carbonyl (C=O) groups excluding carboxylic acids is 6. The van der Waals surface area contributed by atoms with Gasteiger partial charge in [-0.2, -0.15) is 0 Å². The van der Waals surface area contributed by atoms with E-state index in [0.717, 1.165) is 70.6 Å². The molecular weight excluding hydrogens is 823 g/mol. The van der Waals surface area contributed by atoms with Gasteiger partial charge in [-0.05, 0) is 85.1 Å². The van der Waals surface area contributed by atoms with Crippen LogP contribution >= 0.6 is 47.0 Å². The van der Waals surface area contributed by atoms with E-state index in [9.17, 15) is 38.4 Å². The summed E-state index contributed by atoms with van der Waals surface area (Å²) in [6, 6.07) is -0.416. The smallest absolute Gasteiger partial charge is 0.313 e. The molecule has 17 heteroatoms. The summed E-state index contributed by atoms with van der Waals surface area (Å²) >= 11 is 6.32. The minimum absolute atomic E-state index is 0. The first-order valence-electron chi connectivity index (χ1n) is 19.7. The van der Waals surface area contributed by atoms with Crippen molar-refractivity contribution in [2.75, 3.05) is 36.1 Å². The molecular formula is C41H75N3O10S4. The maximum Gasteiger partial charge on any atom is 0.313 e. The Hall–Kier alpha value is -1.92. The van der Waals surface area contributed by atoms with Gasteiger partial charge in [0, 0.05) is 46.2 Å².